The highest BCUT2D eigenvalue weighted by Gasteiger charge is 2.16. The minimum Gasteiger partial charge on any atom is -0.477 e. The highest BCUT2D eigenvalue weighted by atomic mass is 32.1. The number of thiazole rings is 1. The van der Waals surface area contributed by atoms with Crippen molar-refractivity contribution >= 4 is 39.6 Å². The second kappa shape index (κ2) is 8.74. The second-order valence-electron chi connectivity index (χ2n) is 5.46. The smallest absolute Gasteiger partial charge is 0.262 e. The molecule has 3 heterocycles. The van der Waals surface area contributed by atoms with Crippen molar-refractivity contribution in [3.05, 3.63) is 46.3 Å². The summed E-state index contributed by atoms with van der Waals surface area (Å²) in [6.07, 6.45) is 1.58. The summed E-state index contributed by atoms with van der Waals surface area (Å²) in [6, 6.07) is 7.26. The largest absolute Gasteiger partial charge is 0.477 e. The lowest BCUT2D eigenvalue weighted by Gasteiger charge is -2.07. The molecule has 0 saturated heterocycles. The Morgan fingerprint density at radius 3 is 2.89 bits per heavy atom. The Labute approximate surface area is 164 Å². The van der Waals surface area contributed by atoms with E-state index in [0.717, 1.165) is 15.4 Å². The lowest BCUT2D eigenvalue weighted by atomic mass is 10.2. The van der Waals surface area contributed by atoms with Gasteiger partial charge in [-0.25, -0.2) is 9.97 Å². The van der Waals surface area contributed by atoms with Crippen LogP contribution in [0.5, 0.6) is 5.88 Å². The number of aromatic nitrogens is 2. The molecule has 0 atom stereocenters. The third-order valence-electron chi connectivity index (χ3n) is 3.45. The summed E-state index contributed by atoms with van der Waals surface area (Å²) in [7, 11) is 0. The maximum atomic E-state index is 12.5. The van der Waals surface area contributed by atoms with E-state index in [4.69, 9.17) is 4.74 Å². The fraction of sp³-hybridized carbons (Fsp3) is 0.222. The fourth-order valence-corrected chi connectivity index (χ4v) is 3.93. The number of rotatable bonds is 7. The third kappa shape index (κ3) is 4.89. The van der Waals surface area contributed by atoms with Crippen LogP contribution in [0, 0.1) is 0 Å². The van der Waals surface area contributed by atoms with Gasteiger partial charge in [-0.2, -0.15) is 0 Å². The Morgan fingerprint density at radius 1 is 1.26 bits per heavy atom. The molecule has 0 radical (unpaired) electrons. The standard InChI is InChI=1S/C18H18N4O3S2/c1-3-25-17-13(5-4-8-19-17)16(24)22-18-21-14(10-26-18)15-7-6-12(27-15)9-20-11(2)23/h4-8,10H,3,9H2,1-2H3,(H,20,23)(H,21,22,24). The number of amides is 2. The molecule has 3 aromatic rings. The summed E-state index contributed by atoms with van der Waals surface area (Å²) in [6.45, 7) is 4.25. The van der Waals surface area contributed by atoms with Gasteiger partial charge in [-0.15, -0.1) is 22.7 Å². The van der Waals surface area contributed by atoms with Crippen molar-refractivity contribution in [3.63, 3.8) is 0 Å². The molecule has 0 spiro atoms. The van der Waals surface area contributed by atoms with Crippen LogP contribution in [0.25, 0.3) is 10.6 Å². The van der Waals surface area contributed by atoms with E-state index in [0.29, 0.717) is 29.7 Å². The average Bonchev–Trinajstić information content (AvgIpc) is 3.30. The molecule has 9 heteroatoms. The van der Waals surface area contributed by atoms with Gasteiger partial charge in [0.2, 0.25) is 11.8 Å². The van der Waals surface area contributed by atoms with Gasteiger partial charge in [0.25, 0.3) is 5.91 Å². The van der Waals surface area contributed by atoms with Crippen LogP contribution < -0.4 is 15.4 Å². The summed E-state index contributed by atoms with van der Waals surface area (Å²) >= 11 is 2.90. The third-order valence-corrected chi connectivity index (χ3v) is 5.31. The molecular formula is C18H18N4O3S2. The van der Waals surface area contributed by atoms with E-state index in [1.54, 1.807) is 29.7 Å². The zero-order chi connectivity index (χ0) is 19.2. The first-order valence-electron chi connectivity index (χ1n) is 8.25. The Hall–Kier alpha value is -2.78. The summed E-state index contributed by atoms with van der Waals surface area (Å²) in [4.78, 5) is 34.1. The van der Waals surface area contributed by atoms with Gasteiger partial charge in [-0.1, -0.05) is 0 Å². The number of thiophene rings is 1. The number of pyridine rings is 1. The summed E-state index contributed by atoms with van der Waals surface area (Å²) < 4.78 is 5.40. The van der Waals surface area contributed by atoms with Crippen molar-refractivity contribution in [1.82, 2.24) is 15.3 Å². The average molecular weight is 403 g/mol. The summed E-state index contributed by atoms with van der Waals surface area (Å²) in [5, 5.41) is 7.94. The van der Waals surface area contributed by atoms with Gasteiger partial charge in [-0.3, -0.25) is 14.9 Å². The van der Waals surface area contributed by atoms with Crippen LogP contribution in [-0.2, 0) is 11.3 Å². The number of nitrogens with one attached hydrogen (secondary N) is 2. The molecule has 3 aromatic heterocycles. The molecule has 0 aliphatic carbocycles. The van der Waals surface area contributed by atoms with Crippen molar-refractivity contribution in [2.75, 3.05) is 11.9 Å². The zero-order valence-electron chi connectivity index (χ0n) is 14.8. The van der Waals surface area contributed by atoms with E-state index in [2.05, 4.69) is 20.6 Å². The topological polar surface area (TPSA) is 93.2 Å². The second-order valence-corrected chi connectivity index (χ2v) is 7.48. The minimum absolute atomic E-state index is 0.0644. The van der Waals surface area contributed by atoms with Gasteiger partial charge in [-0.05, 0) is 31.2 Å². The predicted octanol–water partition coefficient (Wildman–Crippen LogP) is 3.55. The van der Waals surface area contributed by atoms with Crippen molar-refractivity contribution in [3.8, 4) is 16.5 Å². The highest BCUT2D eigenvalue weighted by Crippen LogP contribution is 2.31. The van der Waals surface area contributed by atoms with Crippen LogP contribution in [0.1, 0.15) is 29.1 Å². The lowest BCUT2D eigenvalue weighted by molar-refractivity contribution is -0.119. The molecule has 2 amide bonds. The maximum absolute atomic E-state index is 12.5. The molecular weight excluding hydrogens is 384 g/mol. The molecule has 2 N–H and O–H groups in total. The van der Waals surface area contributed by atoms with E-state index in [1.807, 2.05) is 24.4 Å². The number of carbonyl (C=O) groups excluding carboxylic acids is 2. The van der Waals surface area contributed by atoms with E-state index < -0.39 is 0 Å². The van der Waals surface area contributed by atoms with Crippen molar-refractivity contribution in [1.29, 1.82) is 0 Å². The summed E-state index contributed by atoms with van der Waals surface area (Å²) in [5.41, 5.74) is 1.15. The number of hydrogen-bond donors (Lipinski definition) is 2. The maximum Gasteiger partial charge on any atom is 0.262 e. The monoisotopic (exact) mass is 402 g/mol. The molecule has 0 aliphatic heterocycles. The van der Waals surface area contributed by atoms with Crippen molar-refractivity contribution < 1.29 is 14.3 Å². The number of hydrogen-bond acceptors (Lipinski definition) is 7. The zero-order valence-corrected chi connectivity index (χ0v) is 16.4. The summed E-state index contributed by atoms with van der Waals surface area (Å²) in [5.74, 6) is -0.0782. The first-order valence-corrected chi connectivity index (χ1v) is 9.94. The Balaban J connectivity index is 1.69. The Kier molecular flexibility index (Phi) is 6.15. The highest BCUT2D eigenvalue weighted by molar-refractivity contribution is 7.17. The lowest BCUT2D eigenvalue weighted by Crippen LogP contribution is -2.17. The molecule has 7 nitrogen and oxygen atoms in total. The van der Waals surface area contributed by atoms with Gasteiger partial charge in [0.15, 0.2) is 5.13 Å². The molecule has 0 aliphatic rings. The van der Waals surface area contributed by atoms with Crippen LogP contribution in [-0.4, -0.2) is 28.4 Å². The van der Waals surface area contributed by atoms with Gasteiger partial charge >= 0.3 is 0 Å². The number of carbonyl (C=O) groups is 2. The molecule has 0 saturated carbocycles. The van der Waals surface area contributed by atoms with Crippen LogP contribution >= 0.6 is 22.7 Å². The van der Waals surface area contributed by atoms with Crippen LogP contribution in [0.2, 0.25) is 0 Å². The number of anilines is 1. The molecule has 3 rings (SSSR count). The van der Waals surface area contributed by atoms with E-state index in [9.17, 15) is 9.59 Å². The Bertz CT molecular complexity index is 951. The molecule has 140 valence electrons. The van der Waals surface area contributed by atoms with Gasteiger partial charge in [0.1, 0.15) is 5.56 Å². The Morgan fingerprint density at radius 2 is 2.11 bits per heavy atom. The SMILES string of the molecule is CCOc1ncccc1C(=O)Nc1nc(-c2ccc(CNC(C)=O)s2)cs1. The molecule has 0 fully saturated rings. The van der Waals surface area contributed by atoms with Gasteiger partial charge < -0.3 is 10.1 Å². The molecule has 0 bridgehead atoms. The van der Waals surface area contributed by atoms with Crippen molar-refractivity contribution in [2.45, 2.75) is 20.4 Å². The normalized spacial score (nSPS) is 10.4. The van der Waals surface area contributed by atoms with Crippen molar-refractivity contribution in [2.24, 2.45) is 0 Å². The van der Waals surface area contributed by atoms with Gasteiger partial charge in [0, 0.05) is 23.4 Å². The van der Waals surface area contributed by atoms with E-state index in [1.165, 1.54) is 18.3 Å². The van der Waals surface area contributed by atoms with Crippen LogP contribution in [0.4, 0.5) is 5.13 Å². The first kappa shape index (κ1) is 19.0. The van der Waals surface area contributed by atoms with Gasteiger partial charge in [0.05, 0.1) is 23.7 Å². The van der Waals surface area contributed by atoms with Crippen LogP contribution in [0.3, 0.4) is 0 Å². The molecule has 0 aromatic carbocycles. The molecule has 0 unspecified atom stereocenters. The molecule has 27 heavy (non-hydrogen) atoms. The first-order chi connectivity index (χ1) is 13.1. The van der Waals surface area contributed by atoms with E-state index in [-0.39, 0.29) is 11.8 Å². The number of nitrogens with zero attached hydrogens (tertiary/aromatic N) is 2. The predicted molar refractivity (Wildman–Crippen MR) is 106 cm³/mol. The fourth-order valence-electron chi connectivity index (χ4n) is 2.25. The van der Waals surface area contributed by atoms with Crippen LogP contribution in [0.15, 0.2) is 35.8 Å². The number of ether oxygens (including phenoxy) is 1. The minimum atomic E-state index is -0.315. The quantitative estimate of drug-likeness (QED) is 0.630. The van der Waals surface area contributed by atoms with E-state index >= 15 is 0 Å².